The number of aliphatic imine (C=N–C) groups is 1. The molecule has 1 heterocycles. The van der Waals surface area contributed by atoms with E-state index in [2.05, 4.69) is 47.2 Å². The van der Waals surface area contributed by atoms with E-state index < -0.39 is 133 Å². The predicted octanol–water partition coefficient (Wildman–Crippen LogP) is -0.952. The Kier molecular flexibility index (Phi) is 27.9. The zero-order chi connectivity index (χ0) is 63.6. The molecule has 468 valence electrons. The van der Waals surface area contributed by atoms with Gasteiger partial charge in [0.1, 0.15) is 42.0 Å². The molecule has 28 heteroatoms. The first-order valence-corrected chi connectivity index (χ1v) is 28.2. The van der Waals surface area contributed by atoms with E-state index in [1.54, 1.807) is 42.6 Å². The maximum Gasteiger partial charge on any atom is 0.303 e. The van der Waals surface area contributed by atoms with E-state index in [0.717, 1.165) is 10.9 Å². The number of aromatic amines is 1. The number of aliphatic hydroxyl groups excluding tert-OH is 1. The molecule has 9 atom stereocenters. The number of nitrogens with zero attached hydrogens (tertiary/aromatic N) is 1. The number of nitrogens with two attached hydrogens (primary N) is 5. The van der Waals surface area contributed by atoms with Crippen LogP contribution in [0.2, 0.25) is 0 Å². The van der Waals surface area contributed by atoms with Crippen LogP contribution >= 0.6 is 0 Å². The summed E-state index contributed by atoms with van der Waals surface area (Å²) >= 11 is 0. The number of phenols is 1. The van der Waals surface area contributed by atoms with Gasteiger partial charge in [-0.25, -0.2) is 0 Å². The Morgan fingerprint density at radius 1 is 0.628 bits per heavy atom. The molecule has 0 saturated carbocycles. The van der Waals surface area contributed by atoms with Crippen LogP contribution < -0.4 is 65.9 Å². The minimum Gasteiger partial charge on any atom is -0.508 e. The van der Waals surface area contributed by atoms with Crippen molar-refractivity contribution in [3.8, 4) is 5.75 Å². The molecule has 22 N–H and O–H groups in total. The number of fused-ring (bicyclic) bond motifs is 1. The summed E-state index contributed by atoms with van der Waals surface area (Å²) in [6, 6.07) is 9.05. The van der Waals surface area contributed by atoms with E-state index in [9.17, 15) is 68.4 Å². The van der Waals surface area contributed by atoms with Crippen LogP contribution in [0.3, 0.4) is 0 Å². The van der Waals surface area contributed by atoms with Crippen LogP contribution in [-0.2, 0) is 56.1 Å². The summed E-state index contributed by atoms with van der Waals surface area (Å²) < 4.78 is 0. The molecule has 0 spiro atoms. The van der Waals surface area contributed by atoms with Crippen molar-refractivity contribution in [3.05, 3.63) is 101 Å². The predicted molar refractivity (Wildman–Crippen MR) is 317 cm³/mol. The minimum absolute atomic E-state index is 0.108. The Morgan fingerprint density at radius 3 is 1.91 bits per heavy atom. The number of aliphatic carboxylic acids is 2. The maximum absolute atomic E-state index is 14.7. The van der Waals surface area contributed by atoms with Gasteiger partial charge in [0.15, 0.2) is 5.96 Å². The van der Waals surface area contributed by atoms with Gasteiger partial charge in [-0.3, -0.25) is 52.9 Å². The Morgan fingerprint density at radius 2 is 1.27 bits per heavy atom. The van der Waals surface area contributed by atoms with Crippen molar-refractivity contribution in [2.24, 2.45) is 45.5 Å². The number of amides is 8. The highest BCUT2D eigenvalue weighted by Crippen LogP contribution is 2.32. The number of hydrogen-bond donors (Lipinski definition) is 17. The van der Waals surface area contributed by atoms with Crippen molar-refractivity contribution in [1.82, 2.24) is 42.2 Å². The number of para-hydroxylation sites is 1. The third-order valence-electron chi connectivity index (χ3n) is 14.4. The molecule has 2 unspecified atom stereocenters. The lowest BCUT2D eigenvalue weighted by atomic mass is 9.83. The van der Waals surface area contributed by atoms with Crippen molar-refractivity contribution < 1.29 is 68.4 Å². The molecular formula is C58H82N14O14. The van der Waals surface area contributed by atoms with Crippen molar-refractivity contribution in [1.29, 1.82) is 0 Å². The molecule has 3 aromatic carbocycles. The van der Waals surface area contributed by atoms with E-state index >= 15 is 0 Å². The Hall–Kier alpha value is -9.15. The number of hydrogen-bond acceptors (Lipinski definition) is 15. The van der Waals surface area contributed by atoms with Gasteiger partial charge in [0, 0.05) is 60.9 Å². The fourth-order valence-corrected chi connectivity index (χ4v) is 9.62. The molecule has 0 bridgehead atoms. The Balaban J connectivity index is 1.56. The minimum atomic E-state index is -1.75. The maximum atomic E-state index is 14.7. The lowest BCUT2D eigenvalue weighted by Gasteiger charge is -2.32. The van der Waals surface area contributed by atoms with E-state index in [0.29, 0.717) is 36.0 Å². The number of carbonyl (C=O) groups is 10. The van der Waals surface area contributed by atoms with Crippen LogP contribution in [0.1, 0.15) is 112 Å². The average molecular weight is 1200 g/mol. The number of rotatable bonds is 37. The molecular weight excluding hydrogens is 1120 g/mol. The smallest absolute Gasteiger partial charge is 0.303 e. The molecule has 0 fully saturated rings. The number of H-pyrrole nitrogens is 1. The zero-order valence-electron chi connectivity index (χ0n) is 48.4. The Labute approximate surface area is 497 Å². The lowest BCUT2D eigenvalue weighted by molar-refractivity contribution is -0.139. The largest absolute Gasteiger partial charge is 0.508 e. The van der Waals surface area contributed by atoms with Gasteiger partial charge in [0.2, 0.25) is 41.4 Å². The number of benzene rings is 3. The summed E-state index contributed by atoms with van der Waals surface area (Å²) in [7, 11) is 0. The normalized spacial score (nSPS) is 14.3. The van der Waals surface area contributed by atoms with E-state index in [-0.39, 0.29) is 74.9 Å². The van der Waals surface area contributed by atoms with Crippen molar-refractivity contribution in [2.75, 3.05) is 19.7 Å². The topological polar surface area (TPSA) is 494 Å². The van der Waals surface area contributed by atoms with Gasteiger partial charge in [0.05, 0.1) is 12.6 Å². The van der Waals surface area contributed by atoms with Crippen LogP contribution in [0.5, 0.6) is 5.75 Å². The number of carboxylic acid groups (broad SMARTS) is 2. The van der Waals surface area contributed by atoms with E-state index in [1.807, 2.05) is 13.8 Å². The van der Waals surface area contributed by atoms with E-state index in [1.165, 1.54) is 43.3 Å². The number of primary amides is 1. The highest BCUT2D eigenvalue weighted by atomic mass is 16.4. The fraction of sp³-hybridized carbons (Fsp3) is 0.466. The number of carbonyl (C=O) groups excluding carboxylic acids is 8. The summed E-state index contributed by atoms with van der Waals surface area (Å²) in [4.78, 5) is 140. The summed E-state index contributed by atoms with van der Waals surface area (Å²) in [5.41, 5.74) is 30.9. The lowest BCUT2D eigenvalue weighted by Crippen LogP contribution is -2.60. The second-order valence-corrected chi connectivity index (χ2v) is 21.2. The molecule has 4 aromatic rings. The van der Waals surface area contributed by atoms with Gasteiger partial charge >= 0.3 is 11.9 Å². The second kappa shape index (κ2) is 34.6. The van der Waals surface area contributed by atoms with Gasteiger partial charge in [0.25, 0.3) is 5.91 Å². The van der Waals surface area contributed by atoms with Gasteiger partial charge < -0.3 is 91.3 Å². The molecule has 86 heavy (non-hydrogen) atoms. The molecule has 8 amide bonds. The van der Waals surface area contributed by atoms with Gasteiger partial charge in [-0.05, 0) is 117 Å². The van der Waals surface area contributed by atoms with Gasteiger partial charge in [-0.15, -0.1) is 0 Å². The Bertz CT molecular complexity index is 3000. The van der Waals surface area contributed by atoms with Gasteiger partial charge in [-0.1, -0.05) is 56.3 Å². The third-order valence-corrected chi connectivity index (χ3v) is 14.4. The first-order chi connectivity index (χ1) is 40.8. The summed E-state index contributed by atoms with van der Waals surface area (Å²) in [5.74, 6) is -11.1. The number of aromatic hydroxyl groups is 1. The highest BCUT2D eigenvalue weighted by molar-refractivity contribution is 5.99. The summed E-state index contributed by atoms with van der Waals surface area (Å²) in [6.07, 6.45) is 1.46. The first-order valence-electron chi connectivity index (χ1n) is 28.2. The third kappa shape index (κ3) is 22.1. The molecule has 1 aromatic heterocycles. The molecule has 0 aliphatic carbocycles. The second-order valence-electron chi connectivity index (χ2n) is 21.2. The van der Waals surface area contributed by atoms with Crippen molar-refractivity contribution in [2.45, 2.75) is 140 Å². The number of nitrogens with one attached hydrogen (secondary N) is 8. The summed E-state index contributed by atoms with van der Waals surface area (Å²) in [6.45, 7) is 4.33. The molecule has 4 rings (SSSR count). The number of aliphatic hydroxyl groups is 1. The SMILES string of the molecule is CC(C)C(CCCN)[C@H](NC(=O)[C@H](Cc1ccc(O)cc1)NC(=O)[C@H](CCC(=O)O)NC(=O)[C@H](CO)NC(=O)[C@@H](N)C(CCCC(=O)O)c1c[nH]c2ccccc12)C(=O)NCc1cccc(C(=O)N[C@@H](C)C(=O)N[C@@H](CCCN=C(N)N)C(N)=O)c1. The molecule has 28 nitrogen and oxygen atoms in total. The number of carboxylic acids is 2. The monoisotopic (exact) mass is 1200 g/mol. The van der Waals surface area contributed by atoms with Gasteiger partial charge in [-0.2, -0.15) is 0 Å². The van der Waals surface area contributed by atoms with Crippen LogP contribution in [-0.4, -0.2) is 153 Å². The van der Waals surface area contributed by atoms with Crippen LogP contribution in [0.4, 0.5) is 0 Å². The van der Waals surface area contributed by atoms with Crippen LogP contribution in [0.15, 0.2) is 84.0 Å². The van der Waals surface area contributed by atoms with Crippen molar-refractivity contribution >= 4 is 76.1 Å². The van der Waals surface area contributed by atoms with Crippen molar-refractivity contribution in [3.63, 3.8) is 0 Å². The molecule has 0 saturated heterocycles. The molecule has 0 aliphatic heterocycles. The number of aromatic nitrogens is 1. The average Bonchev–Trinajstić information content (AvgIpc) is 2.27. The fourth-order valence-electron chi connectivity index (χ4n) is 9.62. The zero-order valence-corrected chi connectivity index (χ0v) is 48.4. The number of guanidine groups is 1. The van der Waals surface area contributed by atoms with E-state index in [4.69, 9.17) is 28.7 Å². The van der Waals surface area contributed by atoms with Crippen LogP contribution in [0, 0.1) is 11.8 Å². The molecule has 0 aliphatic rings. The standard InChI is InChI=1S/C58H82N14O14/c1-31(2)37(14-8-24-59)49(57(86)66-28-34-10-6-11-35(26-34)52(81)67-32(3)51(80)68-42(50(61)79)16-9-25-64-58(62)63)72-54(83)44(27-33-18-20-36(74)21-19-33)70-53(82)43(22-23-47(77)78)69-55(84)45(30-73)71-56(85)48(60)39(13-7-17-46(75)76)40-29-65-41-15-5-4-12-38(40)41/h4-6,10-12,15,18-21,26,29,31-32,37,39,42-45,48-49,65,73-74H,7-9,13-14,16-17,22-25,27-28,30,59-60H2,1-3H3,(H2,61,79)(H,66,86)(H,67,81)(H,68,80)(H,69,84)(H,70,82)(H,71,85)(H,72,83)(H,75,76)(H,77,78)(H4,62,63,64)/t32-,37?,39?,42-,43-,44-,45-,48-,49-/m0/s1. The molecule has 0 radical (unpaired) electrons. The van der Waals surface area contributed by atoms with Crippen LogP contribution in [0.25, 0.3) is 10.9 Å². The summed E-state index contributed by atoms with van der Waals surface area (Å²) in [5, 5.41) is 58.4. The first kappa shape index (κ1) is 69.3. The number of phenolic OH excluding ortho intramolecular Hbond substituents is 1. The highest BCUT2D eigenvalue weighted by Gasteiger charge is 2.37. The quantitative estimate of drug-likeness (QED) is 0.0147.